The van der Waals surface area contributed by atoms with Gasteiger partial charge in [0.05, 0.1) is 11.7 Å². The molecule has 0 unspecified atom stereocenters. The average Bonchev–Trinajstić information content (AvgIpc) is 3.80. The van der Waals surface area contributed by atoms with Gasteiger partial charge in [-0.05, 0) is 84.3 Å². The van der Waals surface area contributed by atoms with Crippen LogP contribution in [0.1, 0.15) is 26.3 Å². The van der Waals surface area contributed by atoms with Crippen molar-refractivity contribution in [2.45, 2.75) is 26.2 Å². The van der Waals surface area contributed by atoms with Crippen molar-refractivity contribution in [2.24, 2.45) is 0 Å². The Bertz CT molecular complexity index is 3020. The zero-order valence-electron chi connectivity index (χ0n) is 31.4. The lowest BCUT2D eigenvalue weighted by molar-refractivity contribution is 0.589. The summed E-state index contributed by atoms with van der Waals surface area (Å²) in [5, 5.41) is 0. The number of rotatable bonds is 6. The van der Waals surface area contributed by atoms with Gasteiger partial charge in [0.2, 0.25) is 0 Å². The molecule has 268 valence electrons. The first-order valence-corrected chi connectivity index (χ1v) is 19.0. The topological polar surface area (TPSA) is 56.2 Å². The number of nitrogens with zero attached hydrogens (tertiary/aromatic N) is 4. The number of hydrogen-bond donors (Lipinski definition) is 0. The van der Waals surface area contributed by atoms with Gasteiger partial charge in [-0.25, -0.2) is 9.97 Å². The van der Waals surface area contributed by atoms with E-state index in [1.54, 1.807) is 6.20 Å². The summed E-state index contributed by atoms with van der Waals surface area (Å²) in [6, 6.07) is 59.0. The first-order chi connectivity index (χ1) is 27.4. The van der Waals surface area contributed by atoms with Crippen molar-refractivity contribution in [1.82, 2.24) is 19.4 Å². The van der Waals surface area contributed by atoms with Crippen molar-refractivity contribution in [1.29, 1.82) is 0 Å². The molecule has 10 rings (SSSR count). The van der Waals surface area contributed by atoms with E-state index < -0.39 is 0 Å². The van der Waals surface area contributed by atoms with Crippen molar-refractivity contribution in [3.63, 3.8) is 0 Å². The van der Waals surface area contributed by atoms with E-state index in [0.29, 0.717) is 11.5 Å². The quantitative estimate of drug-likeness (QED) is 0.171. The molecule has 10 aromatic rings. The summed E-state index contributed by atoms with van der Waals surface area (Å²) in [7, 11) is 0. The predicted octanol–water partition coefficient (Wildman–Crippen LogP) is 13.3. The standard InChI is InChI=1S/C51H38N4O/c1-51(2,3)41-28-29-42-48(56-50-54-49-43(55(42)50)31-52-32-53-49)46(41)38-26-24-34(25-27-38)40-30-39(33-16-8-4-9-17-33)44(35-18-10-5-11-19-35)47(37-22-14-7-15-23-37)45(40)36-20-12-6-13-21-36/h4-32H,1-3H3. The van der Waals surface area contributed by atoms with E-state index in [1.807, 2.05) is 4.40 Å². The number of hydrogen-bond acceptors (Lipinski definition) is 4. The summed E-state index contributed by atoms with van der Waals surface area (Å²) in [6.07, 6.45) is 3.32. The SMILES string of the molecule is CC(C)(C)c1ccc2c(oc3nc4ncncc4n32)c1-c1ccc(-c2cc(-c3ccccc3)c(-c3ccccc3)c(-c3ccccc3)c2-c2ccccc2)cc1. The van der Waals surface area contributed by atoms with Crippen molar-refractivity contribution in [3.8, 4) is 66.8 Å². The highest BCUT2D eigenvalue weighted by molar-refractivity contribution is 6.07. The molecule has 0 amide bonds. The lowest BCUT2D eigenvalue weighted by atomic mass is 9.78. The maximum atomic E-state index is 6.62. The zero-order valence-corrected chi connectivity index (χ0v) is 31.4. The molecule has 56 heavy (non-hydrogen) atoms. The van der Waals surface area contributed by atoms with Crippen LogP contribution in [0.25, 0.3) is 94.9 Å². The molecule has 0 saturated carbocycles. The van der Waals surface area contributed by atoms with Crippen LogP contribution in [0, 0.1) is 0 Å². The normalized spacial score (nSPS) is 11.8. The molecular weight excluding hydrogens is 685 g/mol. The minimum Gasteiger partial charge on any atom is -0.422 e. The largest absolute Gasteiger partial charge is 0.422 e. The first kappa shape index (κ1) is 33.5. The number of fused-ring (bicyclic) bond motifs is 5. The van der Waals surface area contributed by atoms with Gasteiger partial charge in [-0.3, -0.25) is 4.40 Å². The van der Waals surface area contributed by atoms with Gasteiger partial charge in [-0.2, -0.15) is 4.98 Å². The molecule has 0 fully saturated rings. The van der Waals surface area contributed by atoms with Gasteiger partial charge in [-0.1, -0.05) is 172 Å². The highest BCUT2D eigenvalue weighted by Crippen LogP contribution is 2.50. The van der Waals surface area contributed by atoms with Gasteiger partial charge in [0.1, 0.15) is 11.8 Å². The predicted molar refractivity (Wildman–Crippen MR) is 229 cm³/mol. The monoisotopic (exact) mass is 722 g/mol. The molecule has 0 saturated heterocycles. The third-order valence-corrected chi connectivity index (χ3v) is 10.8. The molecule has 0 N–H and O–H groups in total. The fourth-order valence-corrected chi connectivity index (χ4v) is 8.23. The van der Waals surface area contributed by atoms with Crippen LogP contribution in [0.5, 0.6) is 0 Å². The smallest absolute Gasteiger partial charge is 0.309 e. The van der Waals surface area contributed by atoms with Crippen LogP contribution in [-0.4, -0.2) is 19.4 Å². The van der Waals surface area contributed by atoms with Crippen molar-refractivity contribution >= 4 is 28.1 Å². The number of benzene rings is 7. The van der Waals surface area contributed by atoms with E-state index in [4.69, 9.17) is 9.40 Å². The average molecular weight is 723 g/mol. The summed E-state index contributed by atoms with van der Waals surface area (Å²) in [4.78, 5) is 13.4. The van der Waals surface area contributed by atoms with Crippen LogP contribution in [0.15, 0.2) is 181 Å². The number of oxazole rings is 1. The Morgan fingerprint density at radius 1 is 0.482 bits per heavy atom. The van der Waals surface area contributed by atoms with Gasteiger partial charge in [0, 0.05) is 5.56 Å². The molecule has 0 spiro atoms. The van der Waals surface area contributed by atoms with Gasteiger partial charge in [-0.15, -0.1) is 0 Å². The summed E-state index contributed by atoms with van der Waals surface area (Å²) in [5.74, 6) is 0.507. The molecule has 0 aliphatic rings. The van der Waals surface area contributed by atoms with Crippen LogP contribution in [0.4, 0.5) is 0 Å². The van der Waals surface area contributed by atoms with E-state index in [9.17, 15) is 0 Å². The fraction of sp³-hybridized carbons (Fsp3) is 0.0784. The van der Waals surface area contributed by atoms with E-state index in [-0.39, 0.29) is 5.41 Å². The number of aromatic nitrogens is 4. The van der Waals surface area contributed by atoms with E-state index in [0.717, 1.165) is 44.4 Å². The second kappa shape index (κ2) is 13.3. The van der Waals surface area contributed by atoms with Gasteiger partial charge in [0.25, 0.3) is 0 Å². The second-order valence-corrected chi connectivity index (χ2v) is 15.3. The van der Waals surface area contributed by atoms with Gasteiger partial charge >= 0.3 is 5.84 Å². The van der Waals surface area contributed by atoms with Gasteiger partial charge in [0.15, 0.2) is 11.2 Å². The third-order valence-electron chi connectivity index (χ3n) is 10.8. The Morgan fingerprint density at radius 3 is 1.52 bits per heavy atom. The van der Waals surface area contributed by atoms with Crippen molar-refractivity contribution < 1.29 is 4.42 Å². The summed E-state index contributed by atoms with van der Waals surface area (Å²) in [6.45, 7) is 6.75. The van der Waals surface area contributed by atoms with Crippen LogP contribution in [-0.2, 0) is 5.41 Å². The molecule has 5 nitrogen and oxygen atoms in total. The van der Waals surface area contributed by atoms with E-state index >= 15 is 0 Å². The lowest BCUT2D eigenvalue weighted by Crippen LogP contribution is -2.13. The fourth-order valence-electron chi connectivity index (χ4n) is 8.23. The van der Waals surface area contributed by atoms with E-state index in [2.05, 4.69) is 195 Å². The number of imidazole rings is 1. The Balaban J connectivity index is 1.25. The Morgan fingerprint density at radius 2 is 0.964 bits per heavy atom. The second-order valence-electron chi connectivity index (χ2n) is 15.3. The van der Waals surface area contributed by atoms with Gasteiger partial charge < -0.3 is 4.42 Å². The lowest BCUT2D eigenvalue weighted by Gasteiger charge is -2.25. The van der Waals surface area contributed by atoms with Crippen LogP contribution in [0.3, 0.4) is 0 Å². The highest BCUT2D eigenvalue weighted by Gasteiger charge is 2.27. The highest BCUT2D eigenvalue weighted by atomic mass is 16.4. The maximum Gasteiger partial charge on any atom is 0.309 e. The van der Waals surface area contributed by atoms with Crippen LogP contribution in [0.2, 0.25) is 0 Å². The van der Waals surface area contributed by atoms with Crippen LogP contribution < -0.4 is 0 Å². The van der Waals surface area contributed by atoms with Crippen molar-refractivity contribution in [3.05, 3.63) is 182 Å². The Hall–Kier alpha value is -7.11. The zero-order chi connectivity index (χ0) is 37.8. The molecule has 5 heteroatoms. The Labute approximate surface area is 325 Å². The molecular formula is C51H38N4O. The summed E-state index contributed by atoms with van der Waals surface area (Å²) >= 11 is 0. The minimum atomic E-state index is -0.148. The molecule has 0 bridgehead atoms. The van der Waals surface area contributed by atoms with Crippen molar-refractivity contribution in [2.75, 3.05) is 0 Å². The summed E-state index contributed by atoms with van der Waals surface area (Å²) in [5.41, 5.74) is 18.1. The molecule has 3 heterocycles. The third kappa shape index (κ3) is 5.59. The van der Waals surface area contributed by atoms with Crippen LogP contribution >= 0.6 is 0 Å². The molecule has 0 aliphatic carbocycles. The minimum absolute atomic E-state index is 0.148. The molecule has 0 aliphatic heterocycles. The molecule has 0 radical (unpaired) electrons. The summed E-state index contributed by atoms with van der Waals surface area (Å²) < 4.78 is 8.64. The van der Waals surface area contributed by atoms with E-state index in [1.165, 1.54) is 50.8 Å². The first-order valence-electron chi connectivity index (χ1n) is 19.0. The molecule has 3 aromatic heterocycles. The maximum absolute atomic E-state index is 6.62. The Kier molecular flexibility index (Phi) is 7.96. The molecule has 7 aromatic carbocycles. The molecule has 0 atom stereocenters.